The lowest BCUT2D eigenvalue weighted by atomic mass is 10.0. The third-order valence-electron chi connectivity index (χ3n) is 4.60. The van der Waals surface area contributed by atoms with Gasteiger partial charge in [-0.05, 0) is 31.9 Å². The maximum Gasteiger partial charge on any atom is 0.242 e. The van der Waals surface area contributed by atoms with Crippen LogP contribution >= 0.6 is 0 Å². The molecule has 0 aliphatic carbocycles. The molecule has 1 fully saturated rings. The molecule has 2 rings (SSSR count). The van der Waals surface area contributed by atoms with Gasteiger partial charge in [0.15, 0.2) is 5.96 Å². The molecule has 0 radical (unpaired) electrons. The second kappa shape index (κ2) is 11.1. The predicted molar refractivity (Wildman–Crippen MR) is 113 cm³/mol. The van der Waals surface area contributed by atoms with Gasteiger partial charge in [0.2, 0.25) is 15.9 Å². The summed E-state index contributed by atoms with van der Waals surface area (Å²) >= 11 is 0. The zero-order valence-electron chi connectivity index (χ0n) is 17.4. The highest BCUT2D eigenvalue weighted by Gasteiger charge is 2.24. The molecule has 0 spiro atoms. The van der Waals surface area contributed by atoms with Crippen LogP contribution in [0.1, 0.15) is 33.6 Å². The van der Waals surface area contributed by atoms with E-state index in [-0.39, 0.29) is 29.3 Å². The summed E-state index contributed by atoms with van der Waals surface area (Å²) in [6, 6.07) is 3.32. The van der Waals surface area contributed by atoms with Crippen molar-refractivity contribution < 1.29 is 13.2 Å². The lowest BCUT2D eigenvalue weighted by Gasteiger charge is -2.34. The van der Waals surface area contributed by atoms with Crippen molar-refractivity contribution in [2.45, 2.75) is 44.6 Å². The normalized spacial score (nSPS) is 16.1. The van der Waals surface area contributed by atoms with E-state index in [9.17, 15) is 13.2 Å². The van der Waals surface area contributed by atoms with Crippen LogP contribution in [0.5, 0.6) is 0 Å². The molecule has 1 amide bonds. The van der Waals surface area contributed by atoms with Crippen LogP contribution in [-0.4, -0.2) is 68.9 Å². The number of rotatable bonds is 8. The Hall–Kier alpha value is -2.20. The average Bonchev–Trinajstić information content (AvgIpc) is 2.72. The molecular formula is C19H32N6O3S. The molecule has 10 heteroatoms. The summed E-state index contributed by atoms with van der Waals surface area (Å²) in [6.07, 6.45) is 4.56. The van der Waals surface area contributed by atoms with Gasteiger partial charge >= 0.3 is 0 Å². The Kier molecular flexibility index (Phi) is 8.84. The minimum atomic E-state index is -3.58. The van der Waals surface area contributed by atoms with Crippen molar-refractivity contribution in [1.29, 1.82) is 0 Å². The van der Waals surface area contributed by atoms with E-state index in [0.29, 0.717) is 19.0 Å². The van der Waals surface area contributed by atoms with Crippen molar-refractivity contribution in [2.75, 3.05) is 32.7 Å². The van der Waals surface area contributed by atoms with Crippen molar-refractivity contribution in [3.05, 3.63) is 24.5 Å². The Labute approximate surface area is 173 Å². The van der Waals surface area contributed by atoms with Gasteiger partial charge in [0.05, 0.1) is 6.54 Å². The topological polar surface area (TPSA) is 116 Å². The fourth-order valence-electron chi connectivity index (χ4n) is 3.06. The first kappa shape index (κ1) is 23.1. The number of hydrogen-bond donors (Lipinski definition) is 3. The molecule has 9 nitrogen and oxygen atoms in total. The first-order chi connectivity index (χ1) is 13.8. The minimum absolute atomic E-state index is 0.0221. The number of nitrogens with one attached hydrogen (secondary N) is 3. The summed E-state index contributed by atoms with van der Waals surface area (Å²) in [7, 11) is -3.58. The Balaban J connectivity index is 1.82. The van der Waals surface area contributed by atoms with Gasteiger partial charge in [-0.3, -0.25) is 14.8 Å². The zero-order valence-corrected chi connectivity index (χ0v) is 18.2. The highest BCUT2D eigenvalue weighted by Crippen LogP contribution is 2.13. The number of amides is 1. The summed E-state index contributed by atoms with van der Waals surface area (Å²) in [5.41, 5.74) is 0. The summed E-state index contributed by atoms with van der Waals surface area (Å²) in [4.78, 5) is 22.4. The Bertz CT molecular complexity index is 774. The Morgan fingerprint density at radius 1 is 1.34 bits per heavy atom. The second-order valence-electron chi connectivity index (χ2n) is 7.25. The van der Waals surface area contributed by atoms with Crippen molar-refractivity contribution in [3.8, 4) is 0 Å². The monoisotopic (exact) mass is 424 g/mol. The van der Waals surface area contributed by atoms with Crippen molar-refractivity contribution >= 4 is 21.9 Å². The van der Waals surface area contributed by atoms with E-state index in [1.807, 2.05) is 25.7 Å². The number of nitrogens with zero attached hydrogens (tertiary/aromatic N) is 3. The molecule has 1 saturated heterocycles. The van der Waals surface area contributed by atoms with Gasteiger partial charge in [0.25, 0.3) is 0 Å². The van der Waals surface area contributed by atoms with Gasteiger partial charge < -0.3 is 15.5 Å². The molecule has 3 N–H and O–H groups in total. The quantitative estimate of drug-likeness (QED) is 0.319. The maximum atomic E-state index is 12.2. The van der Waals surface area contributed by atoms with Gasteiger partial charge in [-0.2, -0.15) is 0 Å². The number of carbonyl (C=O) groups is 1. The fraction of sp³-hybridized carbons (Fsp3) is 0.632. The van der Waals surface area contributed by atoms with Gasteiger partial charge in [-0.25, -0.2) is 13.1 Å². The molecule has 0 aromatic carbocycles. The van der Waals surface area contributed by atoms with E-state index in [0.717, 1.165) is 25.9 Å². The van der Waals surface area contributed by atoms with Crippen LogP contribution in [0.2, 0.25) is 0 Å². The molecule has 1 aromatic rings. The van der Waals surface area contributed by atoms with Gasteiger partial charge in [-0.1, -0.05) is 13.8 Å². The highest BCUT2D eigenvalue weighted by atomic mass is 32.2. The molecule has 0 unspecified atom stereocenters. The highest BCUT2D eigenvalue weighted by molar-refractivity contribution is 7.89. The number of aliphatic imine (C=N–C) groups is 1. The van der Waals surface area contributed by atoms with Gasteiger partial charge in [0, 0.05) is 50.5 Å². The van der Waals surface area contributed by atoms with E-state index in [2.05, 4.69) is 25.3 Å². The molecule has 1 aliphatic heterocycles. The van der Waals surface area contributed by atoms with E-state index < -0.39 is 10.0 Å². The Morgan fingerprint density at radius 2 is 2.07 bits per heavy atom. The smallest absolute Gasteiger partial charge is 0.242 e. The molecule has 1 aromatic heterocycles. The first-order valence-corrected chi connectivity index (χ1v) is 11.5. The van der Waals surface area contributed by atoms with Crippen molar-refractivity contribution in [2.24, 2.45) is 10.9 Å². The number of carbonyl (C=O) groups excluding carboxylic acids is 1. The summed E-state index contributed by atoms with van der Waals surface area (Å²) < 4.78 is 26.9. The molecule has 162 valence electrons. The summed E-state index contributed by atoms with van der Waals surface area (Å²) in [5, 5.41) is 6.57. The average molecular weight is 425 g/mol. The minimum Gasteiger partial charge on any atom is -0.357 e. The number of sulfonamides is 1. The van der Waals surface area contributed by atoms with Crippen LogP contribution in [0.4, 0.5) is 0 Å². The van der Waals surface area contributed by atoms with E-state index in [4.69, 9.17) is 0 Å². The predicted octanol–water partition coefficient (Wildman–Crippen LogP) is 0.562. The number of likely N-dealkylation sites (tertiary alicyclic amines) is 1. The summed E-state index contributed by atoms with van der Waals surface area (Å²) in [6.45, 7) is 8.49. The van der Waals surface area contributed by atoms with Crippen LogP contribution in [0.3, 0.4) is 0 Å². The zero-order chi connectivity index (χ0) is 21.3. The third-order valence-corrected chi connectivity index (χ3v) is 6.05. The van der Waals surface area contributed by atoms with Gasteiger partial charge in [0.1, 0.15) is 4.90 Å². The molecule has 0 saturated carbocycles. The molecule has 2 heterocycles. The fourth-order valence-corrected chi connectivity index (χ4v) is 4.04. The van der Waals surface area contributed by atoms with Crippen LogP contribution in [-0.2, 0) is 14.8 Å². The molecule has 1 aliphatic rings. The Morgan fingerprint density at radius 3 is 2.66 bits per heavy atom. The standard InChI is InChI=1S/C19H32N6O3S/c1-4-21-19(24-16-7-12-25(13-8-16)18(26)15(2)3)22-10-11-23-29(27,28)17-6-5-9-20-14-17/h5-6,9,14-16,23H,4,7-8,10-13H2,1-3H3,(H2,21,22,24). The van der Waals surface area contributed by atoms with E-state index in [1.54, 1.807) is 6.07 Å². The van der Waals surface area contributed by atoms with E-state index in [1.165, 1.54) is 18.5 Å². The van der Waals surface area contributed by atoms with Crippen molar-refractivity contribution in [3.63, 3.8) is 0 Å². The van der Waals surface area contributed by atoms with Gasteiger partial charge in [-0.15, -0.1) is 0 Å². The number of guanidine groups is 1. The first-order valence-electron chi connectivity index (χ1n) is 10.1. The number of hydrogen-bond acceptors (Lipinski definition) is 5. The molecule has 29 heavy (non-hydrogen) atoms. The number of piperidine rings is 1. The third kappa shape index (κ3) is 7.28. The van der Waals surface area contributed by atoms with E-state index >= 15 is 0 Å². The van der Waals surface area contributed by atoms with Crippen molar-refractivity contribution in [1.82, 2.24) is 25.2 Å². The number of pyridine rings is 1. The molecule has 0 atom stereocenters. The number of aromatic nitrogens is 1. The largest absolute Gasteiger partial charge is 0.357 e. The lowest BCUT2D eigenvalue weighted by Crippen LogP contribution is -2.50. The maximum absolute atomic E-state index is 12.2. The molecular weight excluding hydrogens is 392 g/mol. The van der Waals surface area contributed by atoms with Crippen LogP contribution < -0.4 is 15.4 Å². The SMILES string of the molecule is CCNC(=NCCNS(=O)(=O)c1cccnc1)NC1CCN(C(=O)C(C)C)CC1. The summed E-state index contributed by atoms with van der Waals surface area (Å²) in [5.74, 6) is 0.875. The van der Waals surface area contributed by atoms with Crippen LogP contribution in [0, 0.1) is 5.92 Å². The lowest BCUT2D eigenvalue weighted by molar-refractivity contribution is -0.135. The molecule has 0 bridgehead atoms. The second-order valence-corrected chi connectivity index (χ2v) is 9.01. The van der Waals surface area contributed by atoms with Crippen LogP contribution in [0.25, 0.3) is 0 Å². The van der Waals surface area contributed by atoms with Crippen LogP contribution in [0.15, 0.2) is 34.4 Å².